The third kappa shape index (κ3) is 3.40. The summed E-state index contributed by atoms with van der Waals surface area (Å²) in [5, 5.41) is 13.7. The van der Waals surface area contributed by atoms with E-state index in [9.17, 15) is 9.90 Å². The molecule has 2 aliphatic rings. The normalized spacial score (nSPS) is 30.1. The Hall–Kier alpha value is -0.650. The molecule has 2 fully saturated rings. The van der Waals surface area contributed by atoms with Gasteiger partial charge in [-0.15, -0.1) is 0 Å². The summed E-state index contributed by atoms with van der Waals surface area (Å²) in [6.07, 6.45) is 3.49. The van der Waals surface area contributed by atoms with Gasteiger partial charge in [0.2, 0.25) is 5.91 Å². The van der Waals surface area contributed by atoms with Crippen LogP contribution in [-0.2, 0) is 4.79 Å². The molecule has 2 aliphatic heterocycles. The number of rotatable bonds is 3. The van der Waals surface area contributed by atoms with Crippen molar-refractivity contribution < 1.29 is 9.90 Å². The largest absolute Gasteiger partial charge is 0.388 e. The number of nitrogens with zero attached hydrogens (tertiary/aromatic N) is 1. The number of nitrogens with one attached hydrogen (secondary N) is 1. The standard InChI is InChI=1S/C12H23N3O2/c13-11(16)10-2-1-7-15(8-10)9-12(17)3-5-14-6-4-12/h10,14,17H,1-9H2,(H2,13,16). The van der Waals surface area contributed by atoms with E-state index in [2.05, 4.69) is 10.2 Å². The molecule has 0 aliphatic carbocycles. The molecule has 98 valence electrons. The monoisotopic (exact) mass is 241 g/mol. The molecule has 0 spiro atoms. The van der Waals surface area contributed by atoms with E-state index in [1.54, 1.807) is 0 Å². The molecule has 0 aromatic heterocycles. The first-order valence-corrected chi connectivity index (χ1v) is 6.54. The zero-order valence-electron chi connectivity index (χ0n) is 10.3. The summed E-state index contributed by atoms with van der Waals surface area (Å²) in [5.41, 5.74) is 4.78. The maximum atomic E-state index is 11.2. The minimum absolute atomic E-state index is 0.0333. The fraction of sp³-hybridized carbons (Fsp3) is 0.917. The predicted molar refractivity (Wildman–Crippen MR) is 65.4 cm³/mol. The van der Waals surface area contributed by atoms with Crippen LogP contribution in [0.2, 0.25) is 0 Å². The molecule has 1 amide bonds. The molecular weight excluding hydrogens is 218 g/mol. The van der Waals surface area contributed by atoms with Crippen LogP contribution in [0.15, 0.2) is 0 Å². The molecule has 4 N–H and O–H groups in total. The van der Waals surface area contributed by atoms with Gasteiger partial charge in [-0.3, -0.25) is 9.69 Å². The van der Waals surface area contributed by atoms with E-state index >= 15 is 0 Å². The van der Waals surface area contributed by atoms with Gasteiger partial charge in [0.1, 0.15) is 0 Å². The SMILES string of the molecule is NC(=O)C1CCCN(CC2(O)CCNCC2)C1. The number of piperidine rings is 2. The van der Waals surface area contributed by atoms with Crippen LogP contribution in [0.1, 0.15) is 25.7 Å². The second-order valence-corrected chi connectivity index (χ2v) is 5.45. The number of aliphatic hydroxyl groups is 1. The highest BCUT2D eigenvalue weighted by molar-refractivity contribution is 5.76. The van der Waals surface area contributed by atoms with Crippen molar-refractivity contribution in [3.63, 3.8) is 0 Å². The molecule has 2 saturated heterocycles. The van der Waals surface area contributed by atoms with Crippen molar-refractivity contribution in [2.75, 3.05) is 32.7 Å². The lowest BCUT2D eigenvalue weighted by Gasteiger charge is -2.40. The third-order valence-electron chi connectivity index (χ3n) is 3.96. The van der Waals surface area contributed by atoms with Gasteiger partial charge < -0.3 is 16.2 Å². The Bertz CT molecular complexity index is 277. The number of carbonyl (C=O) groups excluding carboxylic acids is 1. The van der Waals surface area contributed by atoms with Gasteiger partial charge in [0.15, 0.2) is 0 Å². The van der Waals surface area contributed by atoms with E-state index in [-0.39, 0.29) is 11.8 Å². The number of hydrogen-bond donors (Lipinski definition) is 3. The van der Waals surface area contributed by atoms with E-state index < -0.39 is 5.60 Å². The van der Waals surface area contributed by atoms with Crippen LogP contribution in [0, 0.1) is 5.92 Å². The molecular formula is C12H23N3O2. The average molecular weight is 241 g/mol. The van der Waals surface area contributed by atoms with Gasteiger partial charge in [-0.1, -0.05) is 0 Å². The van der Waals surface area contributed by atoms with Gasteiger partial charge in [-0.25, -0.2) is 0 Å². The molecule has 1 unspecified atom stereocenters. The number of primary amides is 1. The van der Waals surface area contributed by atoms with E-state index in [4.69, 9.17) is 5.73 Å². The molecule has 5 nitrogen and oxygen atoms in total. The van der Waals surface area contributed by atoms with Crippen molar-refractivity contribution in [1.29, 1.82) is 0 Å². The molecule has 0 radical (unpaired) electrons. The molecule has 0 aromatic rings. The Morgan fingerprint density at radius 1 is 1.47 bits per heavy atom. The van der Waals surface area contributed by atoms with Crippen molar-refractivity contribution >= 4 is 5.91 Å². The van der Waals surface area contributed by atoms with Gasteiger partial charge in [0.05, 0.1) is 11.5 Å². The summed E-state index contributed by atoms with van der Waals surface area (Å²) in [4.78, 5) is 13.4. The van der Waals surface area contributed by atoms with E-state index in [1.165, 1.54) is 0 Å². The Balaban J connectivity index is 1.87. The lowest BCUT2D eigenvalue weighted by molar-refractivity contribution is -0.124. The Morgan fingerprint density at radius 3 is 2.82 bits per heavy atom. The van der Waals surface area contributed by atoms with Crippen molar-refractivity contribution in [2.24, 2.45) is 11.7 Å². The summed E-state index contributed by atoms with van der Waals surface area (Å²) in [6, 6.07) is 0. The van der Waals surface area contributed by atoms with Crippen LogP contribution >= 0.6 is 0 Å². The highest BCUT2D eigenvalue weighted by Crippen LogP contribution is 2.23. The first kappa shape index (κ1) is 12.8. The van der Waals surface area contributed by atoms with Gasteiger partial charge in [-0.2, -0.15) is 0 Å². The van der Waals surface area contributed by atoms with Gasteiger partial charge in [-0.05, 0) is 45.3 Å². The first-order valence-electron chi connectivity index (χ1n) is 6.54. The zero-order valence-corrected chi connectivity index (χ0v) is 10.3. The summed E-state index contributed by atoms with van der Waals surface area (Å²) in [5.74, 6) is -0.235. The molecule has 0 aromatic carbocycles. The maximum absolute atomic E-state index is 11.2. The number of carbonyl (C=O) groups is 1. The Morgan fingerprint density at radius 2 is 2.18 bits per heavy atom. The fourth-order valence-corrected chi connectivity index (χ4v) is 2.90. The molecule has 2 rings (SSSR count). The minimum Gasteiger partial charge on any atom is -0.388 e. The van der Waals surface area contributed by atoms with Gasteiger partial charge in [0.25, 0.3) is 0 Å². The highest BCUT2D eigenvalue weighted by Gasteiger charge is 2.33. The lowest BCUT2D eigenvalue weighted by atomic mass is 9.90. The summed E-state index contributed by atoms with van der Waals surface area (Å²) < 4.78 is 0. The highest BCUT2D eigenvalue weighted by atomic mass is 16.3. The van der Waals surface area contributed by atoms with Crippen LogP contribution in [0.5, 0.6) is 0 Å². The second kappa shape index (κ2) is 5.33. The van der Waals surface area contributed by atoms with E-state index in [1.807, 2.05) is 0 Å². The topological polar surface area (TPSA) is 78.6 Å². The van der Waals surface area contributed by atoms with Crippen molar-refractivity contribution in [3.05, 3.63) is 0 Å². The summed E-state index contributed by atoms with van der Waals surface area (Å²) >= 11 is 0. The Kier molecular flexibility index (Phi) is 4.01. The quantitative estimate of drug-likeness (QED) is 0.610. The van der Waals surface area contributed by atoms with Gasteiger partial charge >= 0.3 is 0 Å². The number of nitrogens with two attached hydrogens (primary N) is 1. The van der Waals surface area contributed by atoms with E-state index in [0.717, 1.165) is 45.3 Å². The lowest BCUT2D eigenvalue weighted by Crippen LogP contribution is -2.52. The Labute approximate surface area is 102 Å². The van der Waals surface area contributed by atoms with Crippen molar-refractivity contribution in [1.82, 2.24) is 10.2 Å². The van der Waals surface area contributed by atoms with Crippen LogP contribution in [0.25, 0.3) is 0 Å². The van der Waals surface area contributed by atoms with Crippen LogP contribution in [-0.4, -0.2) is 54.2 Å². The molecule has 5 heteroatoms. The van der Waals surface area contributed by atoms with Crippen LogP contribution in [0.4, 0.5) is 0 Å². The smallest absolute Gasteiger partial charge is 0.221 e. The van der Waals surface area contributed by atoms with Crippen LogP contribution < -0.4 is 11.1 Å². The number of likely N-dealkylation sites (tertiary alicyclic amines) is 1. The third-order valence-corrected chi connectivity index (χ3v) is 3.96. The molecule has 0 saturated carbocycles. The van der Waals surface area contributed by atoms with E-state index in [0.29, 0.717) is 13.1 Å². The number of hydrogen-bond acceptors (Lipinski definition) is 4. The number of amides is 1. The predicted octanol–water partition coefficient (Wildman–Crippen LogP) is -0.702. The zero-order chi connectivity index (χ0) is 12.3. The van der Waals surface area contributed by atoms with Crippen molar-refractivity contribution in [3.8, 4) is 0 Å². The van der Waals surface area contributed by atoms with Crippen LogP contribution in [0.3, 0.4) is 0 Å². The van der Waals surface area contributed by atoms with Crippen molar-refractivity contribution in [2.45, 2.75) is 31.3 Å². The molecule has 2 heterocycles. The van der Waals surface area contributed by atoms with Gasteiger partial charge in [0, 0.05) is 13.1 Å². The first-order chi connectivity index (χ1) is 8.09. The molecule has 0 bridgehead atoms. The fourth-order valence-electron chi connectivity index (χ4n) is 2.90. The second-order valence-electron chi connectivity index (χ2n) is 5.45. The maximum Gasteiger partial charge on any atom is 0.221 e. The minimum atomic E-state index is -0.579. The summed E-state index contributed by atoms with van der Waals surface area (Å²) in [6.45, 7) is 4.12. The molecule has 17 heavy (non-hydrogen) atoms. The molecule has 1 atom stereocenters. The number of β-amino-alcohol motifs (C(OH)–C–C–N with tert-alkyl or cyclic N) is 1. The summed E-state index contributed by atoms with van der Waals surface area (Å²) in [7, 11) is 0. The average Bonchev–Trinajstić information content (AvgIpc) is 2.29.